The zero-order valence-corrected chi connectivity index (χ0v) is 14.2. The highest BCUT2D eigenvalue weighted by Crippen LogP contribution is 2.27. The van der Waals surface area contributed by atoms with Crippen molar-refractivity contribution >= 4 is 11.9 Å². The molecule has 0 unspecified atom stereocenters. The Hall–Kier alpha value is -3.02. The molecule has 2 aromatic carbocycles. The van der Waals surface area contributed by atoms with Crippen molar-refractivity contribution in [1.82, 2.24) is 5.32 Å². The Morgan fingerprint density at radius 1 is 1.04 bits per heavy atom. The quantitative estimate of drug-likeness (QED) is 0.770. The van der Waals surface area contributed by atoms with E-state index < -0.39 is 5.97 Å². The number of methoxy groups -OCH3 is 2. The molecule has 0 aliphatic carbocycles. The van der Waals surface area contributed by atoms with Crippen LogP contribution in [0, 0.1) is 0 Å². The average Bonchev–Trinajstić information content (AvgIpc) is 2.64. The molecule has 1 amide bonds. The molecular formula is C19H21NO5. The van der Waals surface area contributed by atoms with Gasteiger partial charge in [0.2, 0.25) is 5.91 Å². The number of hydrogen-bond acceptors (Lipinski definition) is 4. The van der Waals surface area contributed by atoms with Gasteiger partial charge in [-0.3, -0.25) is 4.79 Å². The Kier molecular flexibility index (Phi) is 6.39. The molecule has 0 aliphatic rings. The Balaban J connectivity index is 1.90. The van der Waals surface area contributed by atoms with Gasteiger partial charge in [0.05, 0.1) is 19.8 Å². The van der Waals surface area contributed by atoms with Crippen molar-refractivity contribution in [3.8, 4) is 11.5 Å². The highest BCUT2D eigenvalue weighted by atomic mass is 16.5. The summed E-state index contributed by atoms with van der Waals surface area (Å²) >= 11 is 0. The molecule has 0 aliphatic heterocycles. The van der Waals surface area contributed by atoms with E-state index >= 15 is 0 Å². The third kappa shape index (κ3) is 4.97. The predicted octanol–water partition coefficient (Wildman–Crippen LogP) is 2.65. The van der Waals surface area contributed by atoms with Gasteiger partial charge in [-0.2, -0.15) is 0 Å². The summed E-state index contributed by atoms with van der Waals surface area (Å²) < 4.78 is 10.4. The molecule has 2 aromatic rings. The second-order valence-corrected chi connectivity index (χ2v) is 5.43. The maximum absolute atomic E-state index is 12.0. The van der Waals surface area contributed by atoms with E-state index in [1.165, 1.54) is 0 Å². The molecule has 0 bridgehead atoms. The molecular weight excluding hydrogens is 322 g/mol. The van der Waals surface area contributed by atoms with E-state index in [0.29, 0.717) is 30.0 Å². The molecule has 0 spiro atoms. The fourth-order valence-electron chi connectivity index (χ4n) is 2.47. The summed E-state index contributed by atoms with van der Waals surface area (Å²) in [6.07, 6.45) is 0.595. The molecule has 0 radical (unpaired) electrons. The van der Waals surface area contributed by atoms with Crippen molar-refractivity contribution in [3.05, 3.63) is 59.2 Å². The van der Waals surface area contributed by atoms with Gasteiger partial charge in [-0.15, -0.1) is 0 Å². The summed E-state index contributed by atoms with van der Waals surface area (Å²) in [6.45, 7) is 0.361. The molecule has 132 valence electrons. The van der Waals surface area contributed by atoms with Crippen LogP contribution < -0.4 is 14.8 Å². The minimum absolute atomic E-state index is 0.144. The number of carbonyl (C=O) groups excluding carboxylic acids is 1. The molecule has 6 nitrogen and oxygen atoms in total. The first-order valence-corrected chi connectivity index (χ1v) is 7.84. The van der Waals surface area contributed by atoms with Crippen LogP contribution in [0.4, 0.5) is 0 Å². The first-order chi connectivity index (χ1) is 12.0. The summed E-state index contributed by atoms with van der Waals surface area (Å²) in [7, 11) is 3.12. The molecule has 0 atom stereocenters. The maximum atomic E-state index is 12.0. The van der Waals surface area contributed by atoms with E-state index in [1.807, 2.05) is 6.07 Å². The zero-order chi connectivity index (χ0) is 18.2. The molecule has 6 heteroatoms. The lowest BCUT2D eigenvalue weighted by Gasteiger charge is -2.11. The van der Waals surface area contributed by atoms with Gasteiger partial charge >= 0.3 is 5.97 Å². The van der Waals surface area contributed by atoms with Gasteiger partial charge in [-0.05, 0) is 35.7 Å². The number of carboxylic acid groups (broad SMARTS) is 1. The normalized spacial score (nSPS) is 10.2. The third-order valence-electron chi connectivity index (χ3n) is 3.81. The number of carboxylic acids is 1. The van der Waals surface area contributed by atoms with E-state index in [2.05, 4.69) is 5.32 Å². The van der Waals surface area contributed by atoms with Crippen molar-refractivity contribution < 1.29 is 24.2 Å². The Bertz CT molecular complexity index is 757. The van der Waals surface area contributed by atoms with E-state index in [4.69, 9.17) is 14.6 Å². The van der Waals surface area contributed by atoms with Gasteiger partial charge in [-0.25, -0.2) is 4.79 Å². The lowest BCUT2D eigenvalue weighted by atomic mass is 10.0. The highest BCUT2D eigenvalue weighted by molar-refractivity contribution is 5.89. The maximum Gasteiger partial charge on any atom is 0.335 e. The summed E-state index contributed by atoms with van der Waals surface area (Å²) in [5.74, 6) is 0.101. The third-order valence-corrected chi connectivity index (χ3v) is 3.81. The highest BCUT2D eigenvalue weighted by Gasteiger charge is 2.11. The van der Waals surface area contributed by atoms with Gasteiger partial charge in [0, 0.05) is 13.0 Å². The van der Waals surface area contributed by atoms with Gasteiger partial charge in [0.15, 0.2) is 11.5 Å². The van der Waals surface area contributed by atoms with Crippen LogP contribution >= 0.6 is 0 Å². The predicted molar refractivity (Wildman–Crippen MR) is 93.1 cm³/mol. The fraction of sp³-hybridized carbons (Fsp3) is 0.263. The van der Waals surface area contributed by atoms with Crippen LogP contribution in [0.2, 0.25) is 0 Å². The number of hydrogen-bond donors (Lipinski definition) is 2. The van der Waals surface area contributed by atoms with Crippen molar-refractivity contribution in [2.45, 2.75) is 19.4 Å². The first kappa shape index (κ1) is 18.3. The number of amides is 1. The molecule has 0 saturated heterocycles. The van der Waals surface area contributed by atoms with Gasteiger partial charge in [0.25, 0.3) is 0 Å². The van der Waals surface area contributed by atoms with Crippen LogP contribution in [-0.2, 0) is 17.8 Å². The number of nitrogens with one attached hydrogen (secondary N) is 1. The zero-order valence-electron chi connectivity index (χ0n) is 14.2. The molecule has 0 fully saturated rings. The minimum atomic E-state index is -0.985. The van der Waals surface area contributed by atoms with E-state index in [0.717, 1.165) is 5.56 Å². The number of carbonyl (C=O) groups is 2. The second-order valence-electron chi connectivity index (χ2n) is 5.43. The average molecular weight is 343 g/mol. The van der Waals surface area contributed by atoms with Crippen LogP contribution in [0.25, 0.3) is 0 Å². The number of aryl methyl sites for hydroxylation is 1. The Morgan fingerprint density at radius 3 is 2.44 bits per heavy atom. The van der Waals surface area contributed by atoms with E-state index in [9.17, 15) is 9.59 Å². The smallest absolute Gasteiger partial charge is 0.335 e. The summed E-state index contributed by atoms with van der Waals surface area (Å²) in [4.78, 5) is 23.2. The topological polar surface area (TPSA) is 84.9 Å². The molecule has 2 rings (SSSR count). The number of aromatic carboxylic acids is 1. The Labute approximate surface area is 146 Å². The van der Waals surface area contributed by atoms with E-state index in [-0.39, 0.29) is 17.9 Å². The van der Waals surface area contributed by atoms with Crippen molar-refractivity contribution in [1.29, 1.82) is 0 Å². The van der Waals surface area contributed by atoms with Gasteiger partial charge in [0.1, 0.15) is 0 Å². The molecule has 25 heavy (non-hydrogen) atoms. The van der Waals surface area contributed by atoms with Crippen LogP contribution in [-0.4, -0.2) is 31.2 Å². The molecule has 0 saturated carbocycles. The van der Waals surface area contributed by atoms with Crippen LogP contribution in [0.15, 0.2) is 42.5 Å². The molecule has 2 N–H and O–H groups in total. The summed E-state index contributed by atoms with van der Waals surface area (Å²) in [6, 6.07) is 12.1. The van der Waals surface area contributed by atoms with Gasteiger partial charge in [-0.1, -0.05) is 24.3 Å². The van der Waals surface area contributed by atoms with Gasteiger partial charge < -0.3 is 19.9 Å². The lowest BCUT2D eigenvalue weighted by molar-refractivity contribution is -0.121. The molecule has 0 aromatic heterocycles. The van der Waals surface area contributed by atoms with E-state index in [1.54, 1.807) is 50.6 Å². The van der Waals surface area contributed by atoms with Crippen molar-refractivity contribution in [2.24, 2.45) is 0 Å². The number of rotatable bonds is 8. The number of ether oxygens (including phenoxy) is 2. The summed E-state index contributed by atoms with van der Waals surface area (Å²) in [5.41, 5.74) is 1.77. The number of benzene rings is 2. The van der Waals surface area contributed by atoms with Crippen molar-refractivity contribution in [3.63, 3.8) is 0 Å². The standard InChI is InChI=1S/C19H21NO5/c1-24-16-9-7-13(11-17(16)25-2)12-20-18(21)10-8-14-5-3-4-6-15(14)19(22)23/h3-7,9,11H,8,10,12H2,1-2H3,(H,20,21)(H,22,23). The van der Waals surface area contributed by atoms with Crippen LogP contribution in [0.3, 0.4) is 0 Å². The largest absolute Gasteiger partial charge is 0.493 e. The molecule has 0 heterocycles. The van der Waals surface area contributed by atoms with Crippen molar-refractivity contribution in [2.75, 3.05) is 14.2 Å². The lowest BCUT2D eigenvalue weighted by Crippen LogP contribution is -2.23. The Morgan fingerprint density at radius 2 is 1.76 bits per heavy atom. The minimum Gasteiger partial charge on any atom is -0.493 e. The van der Waals surface area contributed by atoms with Crippen LogP contribution in [0.5, 0.6) is 11.5 Å². The fourth-order valence-corrected chi connectivity index (χ4v) is 2.47. The van der Waals surface area contributed by atoms with Crippen LogP contribution in [0.1, 0.15) is 27.9 Å². The second kappa shape index (κ2) is 8.73. The monoisotopic (exact) mass is 343 g/mol. The SMILES string of the molecule is COc1ccc(CNC(=O)CCc2ccccc2C(=O)O)cc1OC. The first-order valence-electron chi connectivity index (χ1n) is 7.84. The summed E-state index contributed by atoms with van der Waals surface area (Å²) in [5, 5.41) is 12.0.